The van der Waals surface area contributed by atoms with Crippen LogP contribution in [0.25, 0.3) is 0 Å². The molecule has 0 saturated heterocycles. The molecule has 3 heteroatoms. The molecule has 2 unspecified atom stereocenters. The Morgan fingerprint density at radius 2 is 2.41 bits per heavy atom. The molecule has 2 rings (SSSR count). The maximum Gasteiger partial charge on any atom is 0.0616 e. The minimum Gasteiger partial charge on any atom is -0.394 e. The van der Waals surface area contributed by atoms with Crippen LogP contribution >= 0.6 is 11.3 Å². The molecule has 0 radical (unpaired) electrons. The third-order valence-electron chi connectivity index (χ3n) is 4.18. The molecule has 0 aromatic carbocycles. The first-order chi connectivity index (χ1) is 8.30. The molecule has 2 atom stereocenters. The van der Waals surface area contributed by atoms with Gasteiger partial charge in [-0.3, -0.25) is 0 Å². The first-order valence-corrected chi connectivity index (χ1v) is 7.57. The number of hydrogen-bond donors (Lipinski definition) is 2. The van der Waals surface area contributed by atoms with Crippen LogP contribution < -0.4 is 5.32 Å². The summed E-state index contributed by atoms with van der Waals surface area (Å²) in [6.45, 7) is 3.42. The van der Waals surface area contributed by atoms with Gasteiger partial charge in [-0.2, -0.15) is 0 Å². The van der Waals surface area contributed by atoms with E-state index in [1.807, 2.05) is 0 Å². The quantitative estimate of drug-likeness (QED) is 0.845. The molecular formula is C14H23NOS. The zero-order valence-electron chi connectivity index (χ0n) is 10.6. The Balaban J connectivity index is 2.01. The van der Waals surface area contributed by atoms with Crippen molar-refractivity contribution >= 4 is 11.3 Å². The highest BCUT2D eigenvalue weighted by Crippen LogP contribution is 2.36. The molecule has 2 N–H and O–H groups in total. The van der Waals surface area contributed by atoms with Gasteiger partial charge in [-0.1, -0.05) is 32.3 Å². The Hall–Kier alpha value is -0.380. The predicted octanol–water partition coefficient (Wildman–Crippen LogP) is 3.17. The second-order valence-electron chi connectivity index (χ2n) is 5.10. The molecule has 0 amide bonds. The number of aliphatic hydroxyl groups is 1. The summed E-state index contributed by atoms with van der Waals surface area (Å²) in [4.78, 5) is 1.36. The summed E-state index contributed by atoms with van der Waals surface area (Å²) < 4.78 is 0. The van der Waals surface area contributed by atoms with Crippen LogP contribution in [-0.4, -0.2) is 17.3 Å². The van der Waals surface area contributed by atoms with E-state index in [4.69, 9.17) is 0 Å². The summed E-state index contributed by atoms with van der Waals surface area (Å²) in [7, 11) is 0. The Morgan fingerprint density at radius 3 is 3.06 bits per heavy atom. The highest BCUT2D eigenvalue weighted by molar-refractivity contribution is 7.09. The van der Waals surface area contributed by atoms with E-state index in [9.17, 15) is 5.11 Å². The van der Waals surface area contributed by atoms with Crippen molar-refractivity contribution in [2.45, 2.75) is 51.1 Å². The SMILES string of the molecule is CCC1CCCCC1(CO)NCc1cccs1. The number of thiophene rings is 1. The second kappa shape index (κ2) is 5.98. The van der Waals surface area contributed by atoms with E-state index < -0.39 is 0 Å². The monoisotopic (exact) mass is 253 g/mol. The molecule has 0 aliphatic heterocycles. The fourth-order valence-electron chi connectivity index (χ4n) is 3.08. The summed E-state index contributed by atoms with van der Waals surface area (Å²) in [5.74, 6) is 0.626. The standard InChI is InChI=1S/C14H23NOS/c1-2-12-6-3-4-8-14(12,11-16)15-10-13-7-5-9-17-13/h5,7,9,12,15-16H,2-4,6,8,10-11H2,1H3. The lowest BCUT2D eigenvalue weighted by molar-refractivity contribution is 0.0625. The fourth-order valence-corrected chi connectivity index (χ4v) is 3.72. The number of aliphatic hydroxyl groups excluding tert-OH is 1. The average Bonchev–Trinajstić information content (AvgIpc) is 2.89. The van der Waals surface area contributed by atoms with Gasteiger partial charge < -0.3 is 10.4 Å². The normalized spacial score (nSPS) is 29.4. The summed E-state index contributed by atoms with van der Waals surface area (Å²) in [6, 6.07) is 4.25. The van der Waals surface area contributed by atoms with Crippen LogP contribution in [0.2, 0.25) is 0 Å². The van der Waals surface area contributed by atoms with Crippen molar-refractivity contribution in [3.05, 3.63) is 22.4 Å². The zero-order valence-corrected chi connectivity index (χ0v) is 11.4. The summed E-state index contributed by atoms with van der Waals surface area (Å²) in [5, 5.41) is 15.6. The second-order valence-corrected chi connectivity index (χ2v) is 6.13. The van der Waals surface area contributed by atoms with E-state index in [0.29, 0.717) is 5.92 Å². The molecule has 0 bridgehead atoms. The first-order valence-electron chi connectivity index (χ1n) is 6.69. The minimum absolute atomic E-state index is 0.0308. The molecule has 1 saturated carbocycles. The van der Waals surface area contributed by atoms with Crippen LogP contribution in [0.15, 0.2) is 17.5 Å². The van der Waals surface area contributed by atoms with Gasteiger partial charge in [-0.05, 0) is 30.2 Å². The van der Waals surface area contributed by atoms with Crippen molar-refractivity contribution in [2.75, 3.05) is 6.61 Å². The molecule has 1 aliphatic carbocycles. The Morgan fingerprint density at radius 1 is 1.53 bits per heavy atom. The number of nitrogens with one attached hydrogen (secondary N) is 1. The van der Waals surface area contributed by atoms with Crippen LogP contribution in [0.4, 0.5) is 0 Å². The van der Waals surface area contributed by atoms with Gasteiger partial charge in [0.1, 0.15) is 0 Å². The summed E-state index contributed by atoms with van der Waals surface area (Å²) in [5.41, 5.74) is -0.0308. The molecule has 1 aliphatic rings. The lowest BCUT2D eigenvalue weighted by Gasteiger charge is -2.43. The maximum atomic E-state index is 9.81. The first kappa shape index (κ1) is 13.1. The van der Waals surface area contributed by atoms with E-state index in [2.05, 4.69) is 29.8 Å². The molecule has 2 nitrogen and oxygen atoms in total. The van der Waals surface area contributed by atoms with Gasteiger partial charge >= 0.3 is 0 Å². The number of hydrogen-bond acceptors (Lipinski definition) is 3. The van der Waals surface area contributed by atoms with Crippen LogP contribution in [-0.2, 0) is 6.54 Å². The Kier molecular flexibility index (Phi) is 4.60. The van der Waals surface area contributed by atoms with E-state index in [1.54, 1.807) is 11.3 Å². The van der Waals surface area contributed by atoms with Crippen molar-refractivity contribution in [3.8, 4) is 0 Å². The van der Waals surface area contributed by atoms with Gasteiger partial charge in [-0.25, -0.2) is 0 Å². The fraction of sp³-hybridized carbons (Fsp3) is 0.714. The van der Waals surface area contributed by atoms with E-state index in [-0.39, 0.29) is 12.1 Å². The van der Waals surface area contributed by atoms with Gasteiger partial charge in [0.2, 0.25) is 0 Å². The largest absolute Gasteiger partial charge is 0.394 e. The maximum absolute atomic E-state index is 9.81. The molecule has 1 aromatic rings. The van der Waals surface area contributed by atoms with Crippen molar-refractivity contribution in [2.24, 2.45) is 5.92 Å². The predicted molar refractivity (Wildman–Crippen MR) is 73.2 cm³/mol. The highest BCUT2D eigenvalue weighted by Gasteiger charge is 2.38. The van der Waals surface area contributed by atoms with Crippen LogP contribution in [0.1, 0.15) is 43.9 Å². The molecule has 1 heterocycles. The lowest BCUT2D eigenvalue weighted by atomic mass is 9.72. The Bertz CT molecular complexity index is 325. The molecule has 1 fully saturated rings. The zero-order chi connectivity index (χ0) is 12.1. The van der Waals surface area contributed by atoms with Gasteiger partial charge in [0, 0.05) is 17.0 Å². The van der Waals surface area contributed by atoms with Crippen LogP contribution in [0, 0.1) is 5.92 Å². The topological polar surface area (TPSA) is 32.3 Å². The Labute approximate surface area is 108 Å². The summed E-state index contributed by atoms with van der Waals surface area (Å²) in [6.07, 6.45) is 6.11. The third kappa shape index (κ3) is 2.90. The average molecular weight is 253 g/mol. The van der Waals surface area contributed by atoms with Crippen LogP contribution in [0.5, 0.6) is 0 Å². The molecule has 0 spiro atoms. The van der Waals surface area contributed by atoms with E-state index in [0.717, 1.165) is 19.4 Å². The minimum atomic E-state index is -0.0308. The van der Waals surface area contributed by atoms with Gasteiger partial charge in [0.15, 0.2) is 0 Å². The van der Waals surface area contributed by atoms with E-state index >= 15 is 0 Å². The molecule has 17 heavy (non-hydrogen) atoms. The van der Waals surface area contributed by atoms with Crippen molar-refractivity contribution in [3.63, 3.8) is 0 Å². The summed E-state index contributed by atoms with van der Waals surface area (Å²) >= 11 is 1.79. The highest BCUT2D eigenvalue weighted by atomic mass is 32.1. The van der Waals surface area contributed by atoms with Crippen molar-refractivity contribution < 1.29 is 5.11 Å². The van der Waals surface area contributed by atoms with E-state index in [1.165, 1.54) is 24.1 Å². The molecule has 1 aromatic heterocycles. The van der Waals surface area contributed by atoms with Gasteiger partial charge in [-0.15, -0.1) is 11.3 Å². The van der Waals surface area contributed by atoms with Gasteiger partial charge in [0.25, 0.3) is 0 Å². The van der Waals surface area contributed by atoms with Crippen LogP contribution in [0.3, 0.4) is 0 Å². The third-order valence-corrected chi connectivity index (χ3v) is 5.05. The van der Waals surface area contributed by atoms with Crippen molar-refractivity contribution in [1.29, 1.82) is 0 Å². The van der Waals surface area contributed by atoms with Crippen molar-refractivity contribution in [1.82, 2.24) is 5.32 Å². The van der Waals surface area contributed by atoms with Gasteiger partial charge in [0.05, 0.1) is 6.61 Å². The lowest BCUT2D eigenvalue weighted by Crippen LogP contribution is -2.55. The number of rotatable bonds is 5. The molecule has 96 valence electrons. The molecular weight excluding hydrogens is 230 g/mol. The smallest absolute Gasteiger partial charge is 0.0616 e.